The summed E-state index contributed by atoms with van der Waals surface area (Å²) in [6.07, 6.45) is 1.97. The van der Waals surface area contributed by atoms with Crippen LogP contribution < -0.4 is 33.8 Å². The number of thioether (sulfide) groups is 1. The molecule has 2 heterocycles. The van der Waals surface area contributed by atoms with E-state index in [4.69, 9.17) is 32.8 Å². The van der Waals surface area contributed by atoms with Crippen molar-refractivity contribution in [3.63, 3.8) is 0 Å². The number of aromatic nitrogens is 2. The predicted octanol–water partition coefficient (Wildman–Crippen LogP) is 6.15. The Morgan fingerprint density at radius 3 is 2.26 bits per heavy atom. The summed E-state index contributed by atoms with van der Waals surface area (Å²) in [7, 11) is 7.48. The summed E-state index contributed by atoms with van der Waals surface area (Å²) in [5.41, 5.74) is 0.836. The van der Waals surface area contributed by atoms with E-state index >= 15 is 0 Å². The number of rotatable bonds is 12. The lowest BCUT2D eigenvalue weighted by Gasteiger charge is -2.17. The smallest absolute Gasteiger partial charge is 0.239 e. The third-order valence-corrected chi connectivity index (χ3v) is 7.70. The maximum Gasteiger partial charge on any atom is 0.239 e. The molecule has 43 heavy (non-hydrogen) atoms. The summed E-state index contributed by atoms with van der Waals surface area (Å²) in [6, 6.07) is 11.0. The Bertz CT molecular complexity index is 1820. The van der Waals surface area contributed by atoms with E-state index in [0.29, 0.717) is 46.3 Å². The van der Waals surface area contributed by atoms with Crippen LogP contribution in [0.1, 0.15) is 6.42 Å². The van der Waals surface area contributed by atoms with Gasteiger partial charge >= 0.3 is 0 Å². The Morgan fingerprint density at radius 2 is 1.58 bits per heavy atom. The predicted molar refractivity (Wildman–Crippen MR) is 161 cm³/mol. The minimum atomic E-state index is -0.416. The summed E-state index contributed by atoms with van der Waals surface area (Å²) in [5.74, 6) is 2.30. The van der Waals surface area contributed by atoms with Gasteiger partial charge in [0, 0.05) is 34.9 Å². The van der Waals surface area contributed by atoms with Crippen LogP contribution in [0.3, 0.4) is 0 Å². The Kier molecular flexibility index (Phi) is 9.05. The molecule has 3 aromatic carbocycles. The number of hydrogen-bond acceptors (Lipinski definition) is 11. The molecule has 0 aliphatic rings. The lowest BCUT2D eigenvalue weighted by molar-refractivity contribution is 0.309. The van der Waals surface area contributed by atoms with Gasteiger partial charge in [-0.2, -0.15) is 0 Å². The maximum atomic E-state index is 13.9. The highest BCUT2D eigenvalue weighted by Crippen LogP contribution is 2.44. The third kappa shape index (κ3) is 5.96. The zero-order chi connectivity index (χ0) is 30.5. The molecule has 0 spiro atoms. The van der Waals surface area contributed by atoms with E-state index in [1.807, 2.05) is 0 Å². The normalized spacial score (nSPS) is 11.0. The largest absolute Gasteiger partial charge is 0.496 e. The molecule has 5 rings (SSSR count). The minimum absolute atomic E-state index is 0.00167. The highest BCUT2D eigenvalue weighted by Gasteiger charge is 2.24. The van der Waals surface area contributed by atoms with Gasteiger partial charge in [-0.05, 0) is 30.7 Å². The molecule has 0 bridgehead atoms. The van der Waals surface area contributed by atoms with Gasteiger partial charge in [0.05, 0.1) is 47.7 Å². The van der Waals surface area contributed by atoms with Crippen LogP contribution in [0.2, 0.25) is 0 Å². The first kappa shape index (κ1) is 29.8. The molecule has 0 amide bonds. The molecular weight excluding hydrogens is 579 g/mol. The Morgan fingerprint density at radius 1 is 0.837 bits per heavy atom. The van der Waals surface area contributed by atoms with Crippen molar-refractivity contribution in [2.75, 3.05) is 47.9 Å². The van der Waals surface area contributed by atoms with Crippen LogP contribution in [-0.4, -0.2) is 57.9 Å². The molecule has 0 unspecified atom stereocenters. The molecule has 0 aliphatic heterocycles. The van der Waals surface area contributed by atoms with Gasteiger partial charge in [-0.15, -0.1) is 11.8 Å². The summed E-state index contributed by atoms with van der Waals surface area (Å²) in [5, 5.41) is 1.70. The second-order valence-electron chi connectivity index (χ2n) is 9.10. The number of ether oxygens (including phenoxy) is 6. The third-order valence-electron chi connectivity index (χ3n) is 6.61. The molecule has 0 saturated heterocycles. The molecule has 12 heteroatoms. The van der Waals surface area contributed by atoms with Gasteiger partial charge in [-0.3, -0.25) is 4.79 Å². The van der Waals surface area contributed by atoms with Gasteiger partial charge in [-0.25, -0.2) is 14.4 Å². The van der Waals surface area contributed by atoms with Crippen molar-refractivity contribution in [1.29, 1.82) is 0 Å². The Labute approximate surface area is 250 Å². The SMILES string of the molecule is COc1cc(OC)c2c(=O)c(OCCCSc3ncnc4cc(F)ccc34)c(-c3cc(OC)c(OC)c(OC)c3)oc2c1. The molecule has 0 aliphatic carbocycles. The molecule has 0 N–H and O–H groups in total. The average molecular weight is 609 g/mol. The van der Waals surface area contributed by atoms with Crippen molar-refractivity contribution in [2.45, 2.75) is 11.4 Å². The summed E-state index contributed by atoms with van der Waals surface area (Å²) < 4.78 is 53.5. The number of methoxy groups -OCH3 is 5. The van der Waals surface area contributed by atoms with Gasteiger partial charge in [0.15, 0.2) is 17.3 Å². The minimum Gasteiger partial charge on any atom is -0.496 e. The van der Waals surface area contributed by atoms with E-state index in [9.17, 15) is 9.18 Å². The molecule has 5 aromatic rings. The first-order valence-electron chi connectivity index (χ1n) is 13.1. The average Bonchev–Trinajstić information content (AvgIpc) is 3.03. The van der Waals surface area contributed by atoms with Crippen molar-refractivity contribution in [3.8, 4) is 45.8 Å². The molecule has 0 atom stereocenters. The van der Waals surface area contributed by atoms with Crippen molar-refractivity contribution in [3.05, 3.63) is 64.8 Å². The maximum absolute atomic E-state index is 13.9. The van der Waals surface area contributed by atoms with Crippen molar-refractivity contribution in [1.82, 2.24) is 9.97 Å². The molecule has 0 radical (unpaired) electrons. The highest BCUT2D eigenvalue weighted by atomic mass is 32.2. The topological polar surface area (TPSA) is 111 Å². The van der Waals surface area contributed by atoms with Crippen LogP contribution in [0, 0.1) is 5.82 Å². The fourth-order valence-corrected chi connectivity index (χ4v) is 5.48. The quantitative estimate of drug-likeness (QED) is 0.0924. The summed E-state index contributed by atoms with van der Waals surface area (Å²) in [6.45, 7) is 0.191. The van der Waals surface area contributed by atoms with Crippen LogP contribution in [0.25, 0.3) is 33.2 Å². The standard InChI is InChI=1S/C31H29FN2O8S/c1-36-19-14-22(37-2)26-23(15-19)42-28(17-11-24(38-3)29(40-5)25(12-17)39-4)30(27(26)35)41-9-6-10-43-31-20-8-7-18(32)13-21(20)33-16-34-31/h7-8,11-16H,6,9-10H2,1-5H3. The second-order valence-corrected chi connectivity index (χ2v) is 10.2. The van der Waals surface area contributed by atoms with Gasteiger partial charge in [0.1, 0.15) is 39.6 Å². The monoisotopic (exact) mass is 608 g/mol. The van der Waals surface area contributed by atoms with Gasteiger partial charge < -0.3 is 32.8 Å². The molecule has 10 nitrogen and oxygen atoms in total. The summed E-state index contributed by atoms with van der Waals surface area (Å²) in [4.78, 5) is 22.4. The Balaban J connectivity index is 1.50. The number of halogens is 1. The van der Waals surface area contributed by atoms with E-state index in [1.54, 1.807) is 30.3 Å². The zero-order valence-electron chi connectivity index (χ0n) is 24.2. The highest BCUT2D eigenvalue weighted by molar-refractivity contribution is 7.99. The fourth-order valence-electron chi connectivity index (χ4n) is 4.58. The van der Waals surface area contributed by atoms with Gasteiger partial charge in [-0.1, -0.05) is 0 Å². The van der Waals surface area contributed by atoms with Gasteiger partial charge in [0.2, 0.25) is 16.9 Å². The Hall–Kier alpha value is -4.71. The van der Waals surface area contributed by atoms with Crippen LogP contribution in [-0.2, 0) is 0 Å². The molecule has 2 aromatic heterocycles. The molecule has 0 fully saturated rings. The number of benzene rings is 3. The van der Waals surface area contributed by atoms with E-state index in [0.717, 1.165) is 10.4 Å². The number of hydrogen-bond donors (Lipinski definition) is 0. The lowest BCUT2D eigenvalue weighted by Crippen LogP contribution is -2.12. The molecule has 0 saturated carbocycles. The van der Waals surface area contributed by atoms with Crippen LogP contribution in [0.5, 0.6) is 34.5 Å². The zero-order valence-corrected chi connectivity index (χ0v) is 25.0. The summed E-state index contributed by atoms with van der Waals surface area (Å²) >= 11 is 1.49. The van der Waals surface area contributed by atoms with E-state index in [1.165, 1.54) is 65.8 Å². The number of nitrogens with zero attached hydrogens (tertiary/aromatic N) is 2. The lowest BCUT2D eigenvalue weighted by atomic mass is 10.1. The van der Waals surface area contributed by atoms with E-state index in [-0.39, 0.29) is 40.7 Å². The molecular formula is C31H29FN2O8S. The first-order chi connectivity index (χ1) is 20.9. The first-order valence-corrected chi connectivity index (χ1v) is 14.1. The van der Waals surface area contributed by atoms with Crippen molar-refractivity contribution >= 4 is 33.6 Å². The fraction of sp³-hybridized carbons (Fsp3) is 0.258. The van der Waals surface area contributed by atoms with Crippen LogP contribution in [0.15, 0.2) is 63.0 Å². The van der Waals surface area contributed by atoms with Gasteiger partial charge in [0.25, 0.3) is 0 Å². The van der Waals surface area contributed by atoms with Crippen molar-refractivity contribution < 1.29 is 37.2 Å². The van der Waals surface area contributed by atoms with Crippen molar-refractivity contribution in [2.24, 2.45) is 0 Å². The van der Waals surface area contributed by atoms with Crippen LogP contribution in [0.4, 0.5) is 4.39 Å². The second kappa shape index (κ2) is 13.1. The van der Waals surface area contributed by atoms with Crippen LogP contribution >= 0.6 is 11.8 Å². The number of fused-ring (bicyclic) bond motifs is 2. The molecule has 224 valence electrons. The van der Waals surface area contributed by atoms with E-state index < -0.39 is 5.43 Å². The van der Waals surface area contributed by atoms with E-state index in [2.05, 4.69) is 9.97 Å².